The van der Waals surface area contributed by atoms with Gasteiger partial charge in [0.2, 0.25) is 5.91 Å². The number of carbonyl (C=O) groups excluding carboxylic acids is 1. The lowest BCUT2D eigenvalue weighted by molar-refractivity contribution is -0.131. The highest BCUT2D eigenvalue weighted by Gasteiger charge is 2.16. The standard InChI is InChI=1S/C19H21FN2O2/c20-17-3-1-2-16(12-17)14-24-18-6-4-15(5-7-18)13-19(23)22-10-8-21-9-11-22/h1-7,12,21H,8-11,13-14H2. The van der Waals surface area contributed by atoms with E-state index in [0.29, 0.717) is 18.8 Å². The molecule has 126 valence electrons. The van der Waals surface area contributed by atoms with Gasteiger partial charge < -0.3 is 15.0 Å². The number of rotatable bonds is 5. The average molecular weight is 328 g/mol. The number of hydrogen-bond acceptors (Lipinski definition) is 3. The molecule has 1 saturated heterocycles. The van der Waals surface area contributed by atoms with E-state index in [1.165, 1.54) is 12.1 Å². The molecule has 0 atom stereocenters. The van der Waals surface area contributed by atoms with Gasteiger partial charge in [-0.3, -0.25) is 4.79 Å². The van der Waals surface area contributed by atoms with E-state index in [9.17, 15) is 9.18 Å². The van der Waals surface area contributed by atoms with Gasteiger partial charge in [-0.05, 0) is 35.4 Å². The second-order valence-electron chi connectivity index (χ2n) is 5.87. The number of nitrogens with one attached hydrogen (secondary N) is 1. The van der Waals surface area contributed by atoms with Gasteiger partial charge in [0.1, 0.15) is 18.2 Å². The average Bonchev–Trinajstić information content (AvgIpc) is 2.62. The maximum absolute atomic E-state index is 13.1. The molecular weight excluding hydrogens is 307 g/mol. The largest absolute Gasteiger partial charge is 0.489 e. The van der Waals surface area contributed by atoms with Crippen LogP contribution >= 0.6 is 0 Å². The first-order valence-electron chi connectivity index (χ1n) is 8.15. The Labute approximate surface area is 141 Å². The number of hydrogen-bond donors (Lipinski definition) is 1. The normalized spacial score (nSPS) is 14.5. The van der Waals surface area contributed by atoms with Gasteiger partial charge in [0.25, 0.3) is 0 Å². The highest BCUT2D eigenvalue weighted by atomic mass is 19.1. The first kappa shape index (κ1) is 16.5. The van der Waals surface area contributed by atoms with E-state index in [2.05, 4.69) is 5.32 Å². The van der Waals surface area contributed by atoms with Crippen LogP contribution in [0.5, 0.6) is 5.75 Å². The molecule has 2 aromatic carbocycles. The van der Waals surface area contributed by atoms with E-state index >= 15 is 0 Å². The van der Waals surface area contributed by atoms with Gasteiger partial charge in [0, 0.05) is 26.2 Å². The summed E-state index contributed by atoms with van der Waals surface area (Å²) in [6.07, 6.45) is 0.407. The third kappa shape index (κ3) is 4.55. The smallest absolute Gasteiger partial charge is 0.227 e. The molecule has 0 bridgehead atoms. The molecule has 0 aromatic heterocycles. The van der Waals surface area contributed by atoms with E-state index in [1.807, 2.05) is 35.2 Å². The van der Waals surface area contributed by atoms with Crippen LogP contribution in [0.4, 0.5) is 4.39 Å². The van der Waals surface area contributed by atoms with Crippen molar-refractivity contribution in [3.8, 4) is 5.75 Å². The fourth-order valence-electron chi connectivity index (χ4n) is 2.70. The number of benzene rings is 2. The number of piperazine rings is 1. The van der Waals surface area contributed by atoms with Crippen molar-refractivity contribution in [2.45, 2.75) is 13.0 Å². The van der Waals surface area contributed by atoms with Crippen molar-refractivity contribution in [1.82, 2.24) is 10.2 Å². The van der Waals surface area contributed by atoms with Crippen molar-refractivity contribution in [2.24, 2.45) is 0 Å². The maximum atomic E-state index is 13.1. The van der Waals surface area contributed by atoms with Gasteiger partial charge in [-0.15, -0.1) is 0 Å². The molecular formula is C19H21FN2O2. The van der Waals surface area contributed by atoms with Gasteiger partial charge in [-0.1, -0.05) is 24.3 Å². The minimum Gasteiger partial charge on any atom is -0.489 e. The molecule has 1 aliphatic heterocycles. The number of halogens is 1. The van der Waals surface area contributed by atoms with Crippen molar-refractivity contribution in [3.63, 3.8) is 0 Å². The molecule has 0 aliphatic carbocycles. The summed E-state index contributed by atoms with van der Waals surface area (Å²) in [7, 11) is 0. The van der Waals surface area contributed by atoms with Crippen LogP contribution in [0.25, 0.3) is 0 Å². The van der Waals surface area contributed by atoms with E-state index in [4.69, 9.17) is 4.74 Å². The van der Waals surface area contributed by atoms with Gasteiger partial charge in [-0.25, -0.2) is 4.39 Å². The van der Waals surface area contributed by atoms with Gasteiger partial charge in [0.05, 0.1) is 6.42 Å². The topological polar surface area (TPSA) is 41.6 Å². The minimum atomic E-state index is -0.266. The molecule has 1 fully saturated rings. The highest BCUT2D eigenvalue weighted by molar-refractivity contribution is 5.78. The Morgan fingerprint density at radius 2 is 1.83 bits per heavy atom. The summed E-state index contributed by atoms with van der Waals surface area (Å²) in [6, 6.07) is 13.9. The van der Waals surface area contributed by atoms with E-state index in [1.54, 1.807) is 6.07 Å². The third-order valence-corrected chi connectivity index (χ3v) is 4.04. The molecule has 1 amide bonds. The fourth-order valence-corrected chi connectivity index (χ4v) is 2.70. The molecule has 0 unspecified atom stereocenters. The molecule has 1 aliphatic rings. The Morgan fingerprint density at radius 1 is 1.08 bits per heavy atom. The summed E-state index contributed by atoms with van der Waals surface area (Å²) in [6.45, 7) is 3.58. The Hall–Kier alpha value is -2.40. The van der Waals surface area contributed by atoms with Crippen LogP contribution in [0.3, 0.4) is 0 Å². The molecule has 4 nitrogen and oxygen atoms in total. The summed E-state index contributed by atoms with van der Waals surface area (Å²) in [4.78, 5) is 14.1. The van der Waals surface area contributed by atoms with Crippen molar-refractivity contribution >= 4 is 5.91 Å². The van der Waals surface area contributed by atoms with Gasteiger partial charge in [0.15, 0.2) is 0 Å². The van der Waals surface area contributed by atoms with E-state index in [-0.39, 0.29) is 11.7 Å². The quantitative estimate of drug-likeness (QED) is 0.916. The SMILES string of the molecule is O=C(Cc1ccc(OCc2cccc(F)c2)cc1)N1CCNCC1. The molecule has 0 radical (unpaired) electrons. The second-order valence-corrected chi connectivity index (χ2v) is 5.87. The van der Waals surface area contributed by atoms with Crippen molar-refractivity contribution in [3.05, 3.63) is 65.5 Å². The van der Waals surface area contributed by atoms with Crippen LogP contribution in [0.1, 0.15) is 11.1 Å². The first-order valence-corrected chi connectivity index (χ1v) is 8.15. The Kier molecular flexibility index (Phi) is 5.43. The summed E-state index contributed by atoms with van der Waals surface area (Å²) in [5, 5.41) is 3.24. The molecule has 5 heteroatoms. The van der Waals surface area contributed by atoms with Crippen LogP contribution in [0, 0.1) is 5.82 Å². The number of amides is 1. The Morgan fingerprint density at radius 3 is 2.54 bits per heavy atom. The molecule has 3 rings (SSSR count). The summed E-state index contributed by atoms with van der Waals surface area (Å²) < 4.78 is 18.8. The molecule has 1 N–H and O–H groups in total. The number of nitrogens with zero attached hydrogens (tertiary/aromatic N) is 1. The molecule has 2 aromatic rings. The van der Waals surface area contributed by atoms with Crippen LogP contribution in [-0.2, 0) is 17.8 Å². The van der Waals surface area contributed by atoms with Crippen molar-refractivity contribution in [2.75, 3.05) is 26.2 Å². The lowest BCUT2D eigenvalue weighted by atomic mass is 10.1. The van der Waals surface area contributed by atoms with Crippen LogP contribution < -0.4 is 10.1 Å². The Bertz CT molecular complexity index is 682. The van der Waals surface area contributed by atoms with Gasteiger partial charge >= 0.3 is 0 Å². The van der Waals surface area contributed by atoms with Crippen LogP contribution in [-0.4, -0.2) is 37.0 Å². The van der Waals surface area contributed by atoms with Gasteiger partial charge in [-0.2, -0.15) is 0 Å². The predicted octanol–water partition coefficient (Wildman–Crippen LogP) is 2.38. The zero-order valence-electron chi connectivity index (χ0n) is 13.5. The molecule has 24 heavy (non-hydrogen) atoms. The zero-order chi connectivity index (χ0) is 16.8. The maximum Gasteiger partial charge on any atom is 0.227 e. The van der Waals surface area contributed by atoms with Crippen molar-refractivity contribution in [1.29, 1.82) is 0 Å². The van der Waals surface area contributed by atoms with Crippen molar-refractivity contribution < 1.29 is 13.9 Å². The first-order chi connectivity index (χ1) is 11.7. The molecule has 0 spiro atoms. The highest BCUT2D eigenvalue weighted by Crippen LogP contribution is 2.15. The van der Waals surface area contributed by atoms with E-state index < -0.39 is 0 Å². The Balaban J connectivity index is 1.52. The number of carbonyl (C=O) groups is 1. The summed E-state index contributed by atoms with van der Waals surface area (Å²) >= 11 is 0. The van der Waals surface area contributed by atoms with E-state index in [0.717, 1.165) is 37.3 Å². The molecule has 0 saturated carbocycles. The van der Waals surface area contributed by atoms with Crippen LogP contribution in [0.2, 0.25) is 0 Å². The third-order valence-electron chi connectivity index (χ3n) is 4.04. The monoisotopic (exact) mass is 328 g/mol. The van der Waals surface area contributed by atoms with Crippen LogP contribution in [0.15, 0.2) is 48.5 Å². The lowest BCUT2D eigenvalue weighted by Gasteiger charge is -2.27. The molecule has 1 heterocycles. The minimum absolute atomic E-state index is 0.157. The fraction of sp³-hybridized carbons (Fsp3) is 0.316. The number of ether oxygens (including phenoxy) is 1. The summed E-state index contributed by atoms with van der Waals surface area (Å²) in [5.41, 5.74) is 1.75. The predicted molar refractivity (Wildman–Crippen MR) is 90.3 cm³/mol. The summed E-state index contributed by atoms with van der Waals surface area (Å²) in [5.74, 6) is 0.598. The second kappa shape index (κ2) is 7.93. The lowest BCUT2D eigenvalue weighted by Crippen LogP contribution is -2.46. The zero-order valence-corrected chi connectivity index (χ0v) is 13.5.